The van der Waals surface area contributed by atoms with Gasteiger partial charge in [0.15, 0.2) is 0 Å². The van der Waals surface area contributed by atoms with Crippen LogP contribution in [0, 0.1) is 0 Å². The Labute approximate surface area is 89.1 Å². The summed E-state index contributed by atoms with van der Waals surface area (Å²) < 4.78 is 0. The van der Waals surface area contributed by atoms with Crippen molar-refractivity contribution in [1.82, 2.24) is 0 Å². The van der Waals surface area contributed by atoms with Gasteiger partial charge in [0, 0.05) is 0 Å². The molecule has 7 heteroatoms. The van der Waals surface area contributed by atoms with Crippen LogP contribution >= 0.6 is 48.9 Å². The number of hydrogen-bond donors (Lipinski definition) is 2. The maximum atomic E-state index is 9.04. The van der Waals surface area contributed by atoms with E-state index in [4.69, 9.17) is 21.0 Å². The number of rotatable bonds is 2. The van der Waals surface area contributed by atoms with E-state index in [0.29, 0.717) is 0 Å². The smallest absolute Gasteiger partial charge is 0.243 e. The number of hydrogen-bond acceptors (Lipinski definition) is 0. The fourth-order valence-electron chi connectivity index (χ4n) is 0.306. The van der Waals surface area contributed by atoms with Crippen LogP contribution in [-0.4, -0.2) is 9.79 Å². The molecule has 0 aromatic carbocycles. The second-order valence-electron chi connectivity index (χ2n) is 1.34. The first-order valence-electron chi connectivity index (χ1n) is 2.33. The Hall–Kier alpha value is 1.43. The van der Waals surface area contributed by atoms with Crippen molar-refractivity contribution in [3.8, 4) is 0 Å². The van der Waals surface area contributed by atoms with Crippen LogP contribution in [0.5, 0.6) is 0 Å². The topological polar surface area (TPSA) is 40.5 Å². The van der Waals surface area contributed by atoms with Gasteiger partial charge < -0.3 is 9.79 Å². The van der Waals surface area contributed by atoms with Gasteiger partial charge in [0.1, 0.15) is 0 Å². The molecule has 0 aromatic heterocycles. The highest BCUT2D eigenvalue weighted by molar-refractivity contribution is 9.11. The molecule has 2 N–H and O–H groups in total. The molecule has 0 spiro atoms. The summed E-state index contributed by atoms with van der Waals surface area (Å²) in [6.45, 7) is 0. The van der Waals surface area contributed by atoms with Gasteiger partial charge in [-0.05, 0) is 32.0 Å². The van der Waals surface area contributed by atoms with E-state index >= 15 is 0 Å². The molecule has 0 saturated carbocycles. The average molecular weight is 344 g/mol. The molecule has 2 nitrogen and oxygen atoms in total. The molecule has 0 fully saturated rings. The zero-order valence-electron chi connectivity index (χ0n) is 5.19. The van der Waals surface area contributed by atoms with Gasteiger partial charge in [-0.2, -0.15) is 0 Å². The molecule has 0 saturated heterocycles. The minimum atomic E-state index is -3.29. The van der Waals surface area contributed by atoms with Gasteiger partial charge in [0.05, 0.1) is 0 Å². The van der Waals surface area contributed by atoms with Crippen molar-refractivity contribution < 1.29 is 9.79 Å². The second-order valence-corrected chi connectivity index (χ2v) is 9.39. The van der Waals surface area contributed by atoms with Gasteiger partial charge >= 0.3 is 0 Å². The van der Waals surface area contributed by atoms with Crippen molar-refractivity contribution in [2.75, 3.05) is 0 Å². The van der Waals surface area contributed by atoms with E-state index < -0.39 is 15.9 Å². The molecule has 0 aromatic rings. The lowest BCUT2D eigenvalue weighted by molar-refractivity contribution is 0.500. The van der Waals surface area contributed by atoms with E-state index in [2.05, 4.69) is 31.9 Å². The fraction of sp³-hybridized carbons (Fsp3) is 0. The van der Waals surface area contributed by atoms with E-state index in [-0.39, 0.29) is 0 Å². The average Bonchev–Trinajstić information content (AvgIpc) is 1.85. The molecule has 0 aliphatic carbocycles. The van der Waals surface area contributed by atoms with Gasteiger partial charge in [0.2, 0.25) is 5.84 Å². The fourth-order valence-corrected chi connectivity index (χ4v) is 5.44. The number of halogens is 3. The lowest BCUT2D eigenvalue weighted by Crippen LogP contribution is -1.79. The van der Waals surface area contributed by atoms with Crippen LogP contribution in [0.25, 0.3) is 0 Å². The van der Waals surface area contributed by atoms with E-state index in [1.54, 1.807) is 20.8 Å². The normalized spacial score (nSPS) is 16.5. The van der Waals surface area contributed by atoms with Crippen molar-refractivity contribution in [1.29, 1.82) is 0 Å². The Morgan fingerprint density at radius 2 is 1.55 bits per heavy atom. The molecule has 0 bridgehead atoms. The Morgan fingerprint density at radius 1 is 1.18 bits per heavy atom. The maximum Gasteiger partial charge on any atom is 0.243 e. The molecular formula is C4H6Br2ClO2PS. The standard InChI is InChI=1S/C4H6Br2ClO2PS/c5-1-3-11(4-2-6)10(7,8)9/h1-4,8-9H. The van der Waals surface area contributed by atoms with E-state index in [0.717, 1.165) is 0 Å². The van der Waals surface area contributed by atoms with E-state index in [9.17, 15) is 0 Å². The zero-order chi connectivity index (χ0) is 8.91. The highest BCUT2D eigenvalue weighted by Gasteiger charge is 2.06. The van der Waals surface area contributed by atoms with Crippen molar-refractivity contribution in [3.63, 3.8) is 0 Å². The van der Waals surface area contributed by atoms with Crippen LogP contribution in [-0.2, 0) is 10.1 Å². The highest BCUT2D eigenvalue weighted by atomic mass is 79.9. The van der Waals surface area contributed by atoms with E-state index in [1.807, 2.05) is 0 Å². The van der Waals surface area contributed by atoms with E-state index in [1.165, 1.54) is 0 Å². The summed E-state index contributed by atoms with van der Waals surface area (Å²) in [6, 6.07) is 0. The molecule has 11 heavy (non-hydrogen) atoms. The summed E-state index contributed by atoms with van der Waals surface area (Å²) in [5, 5.41) is 3.16. The first-order valence-corrected chi connectivity index (χ1v) is 8.71. The monoisotopic (exact) mass is 342 g/mol. The minimum Gasteiger partial charge on any atom is -0.337 e. The van der Waals surface area contributed by atoms with Crippen LogP contribution in [0.15, 0.2) is 20.8 Å². The van der Waals surface area contributed by atoms with Gasteiger partial charge in [-0.3, -0.25) is 0 Å². The van der Waals surface area contributed by atoms with Crippen LogP contribution in [0.1, 0.15) is 0 Å². The Morgan fingerprint density at radius 3 is 1.73 bits per heavy atom. The van der Waals surface area contributed by atoms with Crippen LogP contribution < -0.4 is 0 Å². The van der Waals surface area contributed by atoms with Crippen molar-refractivity contribution in [2.45, 2.75) is 0 Å². The van der Waals surface area contributed by atoms with Crippen LogP contribution in [0.2, 0.25) is 0 Å². The molecule has 66 valence electrons. The third-order valence-electron chi connectivity index (χ3n) is 0.650. The molecule has 0 heterocycles. The van der Waals surface area contributed by atoms with Gasteiger partial charge in [-0.15, -0.1) is 0 Å². The van der Waals surface area contributed by atoms with Gasteiger partial charge in [-0.25, -0.2) is 0 Å². The second kappa shape index (κ2) is 5.97. The summed E-state index contributed by atoms with van der Waals surface area (Å²) in [6.07, 6.45) is 0. The molecule has 0 atom stereocenters. The Balaban J connectivity index is 4.90. The van der Waals surface area contributed by atoms with Crippen molar-refractivity contribution in [2.24, 2.45) is 0 Å². The summed E-state index contributed by atoms with van der Waals surface area (Å²) in [5.41, 5.74) is 0. The van der Waals surface area contributed by atoms with Crippen molar-refractivity contribution in [3.05, 3.63) is 20.8 Å². The predicted octanol–water partition coefficient (Wildman–Crippen LogP) is 3.24. The highest BCUT2D eigenvalue weighted by Crippen LogP contribution is 2.48. The largest absolute Gasteiger partial charge is 0.337 e. The lowest BCUT2D eigenvalue weighted by atomic mass is 11.2. The molecule has 0 rings (SSSR count). The third-order valence-corrected chi connectivity index (χ3v) is 7.02. The van der Waals surface area contributed by atoms with Crippen molar-refractivity contribution >= 4 is 59.0 Å². The van der Waals surface area contributed by atoms with Crippen LogP contribution in [0.4, 0.5) is 0 Å². The summed E-state index contributed by atoms with van der Waals surface area (Å²) in [5.74, 6) is -3.29. The SMILES string of the molecule is OP(O)(Cl)=S(C=CBr)C=CBr. The van der Waals surface area contributed by atoms with Gasteiger partial charge in [0.25, 0.3) is 0 Å². The molecule has 0 aliphatic rings. The van der Waals surface area contributed by atoms with Crippen LogP contribution in [0.3, 0.4) is 0 Å². The minimum absolute atomic E-state index is 0.809. The molecular weight excluding hydrogens is 338 g/mol. The summed E-state index contributed by atoms with van der Waals surface area (Å²) in [4.78, 5) is 21.2. The Bertz CT molecular complexity index is 212. The summed E-state index contributed by atoms with van der Waals surface area (Å²) in [7, 11) is -0.809. The zero-order valence-corrected chi connectivity index (χ0v) is 10.8. The quantitative estimate of drug-likeness (QED) is 0.755. The molecule has 0 unspecified atom stereocenters. The first-order chi connectivity index (χ1) is 5.02. The summed E-state index contributed by atoms with van der Waals surface area (Å²) >= 11 is 11.4. The third kappa shape index (κ3) is 5.64. The maximum absolute atomic E-state index is 9.04. The molecule has 0 amide bonds. The molecule has 0 radical (unpaired) electrons. The van der Waals surface area contributed by atoms with Gasteiger partial charge in [-0.1, -0.05) is 41.9 Å². The first kappa shape index (κ1) is 12.4. The lowest BCUT2D eigenvalue weighted by Gasteiger charge is -2.05. The Kier molecular flexibility index (Phi) is 6.75. The predicted molar refractivity (Wildman–Crippen MR) is 60.7 cm³/mol. The molecule has 0 aliphatic heterocycles.